The quantitative estimate of drug-likeness (QED) is 0.225. The van der Waals surface area contributed by atoms with Gasteiger partial charge >= 0.3 is 0 Å². The SMILES string of the molecule is Ic1cccc2cccc(-c3ccc(N(c4ccccc4)c4ccccc4)cc3)c12. The average Bonchev–Trinajstić information content (AvgIpc) is 2.81. The maximum atomic E-state index is 2.43. The van der Waals surface area contributed by atoms with Crippen LogP contribution in [0.1, 0.15) is 0 Å². The van der Waals surface area contributed by atoms with Crippen LogP contribution in [0.15, 0.2) is 121 Å². The summed E-state index contributed by atoms with van der Waals surface area (Å²) in [5.41, 5.74) is 5.95. The van der Waals surface area contributed by atoms with E-state index >= 15 is 0 Å². The number of anilines is 3. The van der Waals surface area contributed by atoms with Gasteiger partial charge in [0.1, 0.15) is 0 Å². The normalized spacial score (nSPS) is 10.8. The highest BCUT2D eigenvalue weighted by Crippen LogP contribution is 2.37. The lowest BCUT2D eigenvalue weighted by Gasteiger charge is -2.25. The molecule has 0 aliphatic carbocycles. The Bertz CT molecular complexity index is 1230. The largest absolute Gasteiger partial charge is 0.311 e. The number of hydrogen-bond acceptors (Lipinski definition) is 1. The summed E-state index contributed by atoms with van der Waals surface area (Å²) in [7, 11) is 0. The van der Waals surface area contributed by atoms with Crippen molar-refractivity contribution in [3.8, 4) is 11.1 Å². The van der Waals surface area contributed by atoms with Crippen LogP contribution >= 0.6 is 22.6 Å². The summed E-state index contributed by atoms with van der Waals surface area (Å²) in [4.78, 5) is 2.29. The Morgan fingerprint density at radius 3 is 1.60 bits per heavy atom. The van der Waals surface area contributed by atoms with Crippen LogP contribution in [0.4, 0.5) is 17.1 Å². The van der Waals surface area contributed by atoms with Crippen LogP contribution in [0, 0.1) is 3.57 Å². The molecule has 0 aliphatic rings. The van der Waals surface area contributed by atoms with Crippen molar-refractivity contribution in [2.24, 2.45) is 0 Å². The molecule has 0 aliphatic heterocycles. The van der Waals surface area contributed by atoms with Gasteiger partial charge in [-0.3, -0.25) is 0 Å². The highest BCUT2D eigenvalue weighted by atomic mass is 127. The van der Waals surface area contributed by atoms with Gasteiger partial charge < -0.3 is 4.90 Å². The molecule has 1 nitrogen and oxygen atoms in total. The summed E-state index contributed by atoms with van der Waals surface area (Å²) in [5.74, 6) is 0. The van der Waals surface area contributed by atoms with E-state index < -0.39 is 0 Å². The molecule has 5 rings (SSSR count). The molecular formula is C28H20IN. The van der Waals surface area contributed by atoms with Crippen molar-refractivity contribution in [2.75, 3.05) is 4.90 Å². The van der Waals surface area contributed by atoms with Crippen molar-refractivity contribution in [1.82, 2.24) is 0 Å². The fraction of sp³-hybridized carbons (Fsp3) is 0. The standard InChI is InChI=1S/C28H20IN/c29-27-16-8-10-22-9-7-15-26(28(22)27)21-17-19-25(20-18-21)30(23-11-3-1-4-12-23)24-13-5-2-6-14-24/h1-20H. The van der Waals surface area contributed by atoms with E-state index in [2.05, 4.69) is 149 Å². The molecule has 5 aromatic carbocycles. The second-order valence-electron chi connectivity index (χ2n) is 7.20. The molecule has 144 valence electrons. The van der Waals surface area contributed by atoms with Crippen molar-refractivity contribution < 1.29 is 0 Å². The van der Waals surface area contributed by atoms with E-state index in [1.807, 2.05) is 0 Å². The van der Waals surface area contributed by atoms with Crippen molar-refractivity contribution in [3.05, 3.63) is 125 Å². The Morgan fingerprint density at radius 2 is 1.00 bits per heavy atom. The van der Waals surface area contributed by atoms with Gasteiger partial charge in [0.25, 0.3) is 0 Å². The molecule has 5 aromatic rings. The van der Waals surface area contributed by atoms with Crippen molar-refractivity contribution in [2.45, 2.75) is 0 Å². The van der Waals surface area contributed by atoms with Crippen LogP contribution in [0.2, 0.25) is 0 Å². The van der Waals surface area contributed by atoms with Gasteiger partial charge in [-0.15, -0.1) is 0 Å². The van der Waals surface area contributed by atoms with Crippen LogP contribution in [-0.2, 0) is 0 Å². The molecule has 0 saturated carbocycles. The molecular weight excluding hydrogens is 477 g/mol. The molecule has 30 heavy (non-hydrogen) atoms. The zero-order valence-corrected chi connectivity index (χ0v) is 18.5. The molecule has 0 aromatic heterocycles. The van der Waals surface area contributed by atoms with Crippen LogP contribution in [0.5, 0.6) is 0 Å². The van der Waals surface area contributed by atoms with Gasteiger partial charge in [-0.2, -0.15) is 0 Å². The molecule has 0 unspecified atom stereocenters. The monoisotopic (exact) mass is 497 g/mol. The topological polar surface area (TPSA) is 3.24 Å². The van der Waals surface area contributed by atoms with E-state index in [-0.39, 0.29) is 0 Å². The van der Waals surface area contributed by atoms with Crippen LogP contribution in [0.3, 0.4) is 0 Å². The zero-order chi connectivity index (χ0) is 20.3. The lowest BCUT2D eigenvalue weighted by atomic mass is 9.98. The Kier molecular flexibility index (Phi) is 5.24. The van der Waals surface area contributed by atoms with Crippen LogP contribution < -0.4 is 4.90 Å². The summed E-state index contributed by atoms with van der Waals surface area (Å²) in [5, 5.41) is 2.59. The highest BCUT2D eigenvalue weighted by Gasteiger charge is 2.13. The Labute approximate surface area is 190 Å². The molecule has 0 N–H and O–H groups in total. The minimum absolute atomic E-state index is 1.14. The van der Waals surface area contributed by atoms with Gasteiger partial charge in [0.2, 0.25) is 0 Å². The average molecular weight is 497 g/mol. The minimum Gasteiger partial charge on any atom is -0.311 e. The first kappa shape index (κ1) is 18.9. The maximum absolute atomic E-state index is 2.43. The molecule has 0 saturated heterocycles. The Balaban J connectivity index is 1.61. The lowest BCUT2D eigenvalue weighted by Crippen LogP contribution is -2.09. The lowest BCUT2D eigenvalue weighted by molar-refractivity contribution is 1.28. The summed E-state index contributed by atoms with van der Waals surface area (Å²) >= 11 is 2.43. The molecule has 0 atom stereocenters. The van der Waals surface area contributed by atoms with Crippen LogP contribution in [0.25, 0.3) is 21.9 Å². The molecule has 0 fully saturated rings. The second-order valence-corrected chi connectivity index (χ2v) is 8.36. The van der Waals surface area contributed by atoms with Gasteiger partial charge in [0.15, 0.2) is 0 Å². The summed E-state index contributed by atoms with van der Waals surface area (Å²) in [6, 6.07) is 42.9. The molecule has 0 spiro atoms. The van der Waals surface area contributed by atoms with E-state index in [1.54, 1.807) is 0 Å². The predicted molar refractivity (Wildman–Crippen MR) is 137 cm³/mol. The number of para-hydroxylation sites is 2. The molecule has 0 radical (unpaired) electrons. The Morgan fingerprint density at radius 1 is 0.467 bits per heavy atom. The first-order valence-corrected chi connectivity index (χ1v) is 11.1. The number of hydrogen-bond donors (Lipinski definition) is 0. The third-order valence-electron chi connectivity index (χ3n) is 5.32. The smallest absolute Gasteiger partial charge is 0.0462 e. The zero-order valence-electron chi connectivity index (χ0n) is 16.4. The van der Waals surface area contributed by atoms with Crippen LogP contribution in [-0.4, -0.2) is 0 Å². The van der Waals surface area contributed by atoms with Gasteiger partial charge in [0, 0.05) is 26.0 Å². The highest BCUT2D eigenvalue weighted by molar-refractivity contribution is 14.1. The number of benzene rings is 5. The van der Waals surface area contributed by atoms with E-state index in [0.29, 0.717) is 0 Å². The number of rotatable bonds is 4. The summed E-state index contributed by atoms with van der Waals surface area (Å²) in [6.07, 6.45) is 0. The van der Waals surface area contributed by atoms with Crippen molar-refractivity contribution in [3.63, 3.8) is 0 Å². The third kappa shape index (κ3) is 3.59. The minimum atomic E-state index is 1.14. The molecule has 0 bridgehead atoms. The molecule has 0 heterocycles. The van der Waals surface area contributed by atoms with Gasteiger partial charge in [-0.25, -0.2) is 0 Å². The molecule has 0 amide bonds. The van der Waals surface area contributed by atoms with Crippen molar-refractivity contribution >= 4 is 50.4 Å². The summed E-state index contributed by atoms with van der Waals surface area (Å²) < 4.78 is 1.28. The van der Waals surface area contributed by atoms with Gasteiger partial charge in [-0.05, 0) is 81.6 Å². The van der Waals surface area contributed by atoms with Crippen molar-refractivity contribution in [1.29, 1.82) is 0 Å². The first-order chi connectivity index (χ1) is 14.8. The van der Waals surface area contributed by atoms with E-state index in [4.69, 9.17) is 0 Å². The van der Waals surface area contributed by atoms with Gasteiger partial charge in [0.05, 0.1) is 0 Å². The van der Waals surface area contributed by atoms with E-state index in [9.17, 15) is 0 Å². The Hall–Kier alpha value is -3.11. The number of halogens is 1. The summed E-state index contributed by atoms with van der Waals surface area (Å²) in [6.45, 7) is 0. The predicted octanol–water partition coefficient (Wildman–Crippen LogP) is 8.58. The molecule has 2 heteroatoms. The fourth-order valence-electron chi connectivity index (χ4n) is 3.93. The van der Waals surface area contributed by atoms with Gasteiger partial charge in [-0.1, -0.05) is 78.9 Å². The van der Waals surface area contributed by atoms with E-state index in [1.165, 1.54) is 25.5 Å². The van der Waals surface area contributed by atoms with E-state index in [0.717, 1.165) is 17.1 Å². The fourth-order valence-corrected chi connectivity index (χ4v) is 4.74. The number of fused-ring (bicyclic) bond motifs is 1. The second kappa shape index (κ2) is 8.33. The third-order valence-corrected chi connectivity index (χ3v) is 6.22. The number of nitrogens with zero attached hydrogens (tertiary/aromatic N) is 1. The maximum Gasteiger partial charge on any atom is 0.0462 e. The first-order valence-electron chi connectivity index (χ1n) is 9.99.